The molecule has 0 aliphatic carbocycles. The SMILES string of the molecule is CC1(C)CCCN(S(=O)(=O)Cc2ccccc2CN)CC1. The first-order valence-corrected chi connectivity index (χ1v) is 9.20. The Balaban J connectivity index is 2.15. The van der Waals surface area contributed by atoms with Gasteiger partial charge in [0.05, 0.1) is 5.75 Å². The standard InChI is InChI=1S/C16H26N2O2S/c1-16(2)8-5-10-18(11-9-16)21(19,20)13-15-7-4-3-6-14(15)12-17/h3-4,6-7H,5,8-13,17H2,1-2H3. The largest absolute Gasteiger partial charge is 0.326 e. The van der Waals surface area contributed by atoms with Crippen LogP contribution in [0.1, 0.15) is 44.2 Å². The van der Waals surface area contributed by atoms with Crippen LogP contribution in [0.2, 0.25) is 0 Å². The molecule has 21 heavy (non-hydrogen) atoms. The average Bonchev–Trinajstić information content (AvgIpc) is 2.60. The van der Waals surface area contributed by atoms with Crippen LogP contribution in [0, 0.1) is 5.41 Å². The maximum absolute atomic E-state index is 12.7. The molecule has 0 atom stereocenters. The van der Waals surface area contributed by atoms with E-state index in [1.54, 1.807) is 4.31 Å². The Morgan fingerprint density at radius 3 is 2.48 bits per heavy atom. The summed E-state index contributed by atoms with van der Waals surface area (Å²) >= 11 is 0. The molecule has 1 aliphatic heterocycles. The minimum atomic E-state index is -3.26. The minimum absolute atomic E-state index is 0.0564. The van der Waals surface area contributed by atoms with E-state index in [2.05, 4.69) is 13.8 Å². The van der Waals surface area contributed by atoms with Crippen LogP contribution in [0.25, 0.3) is 0 Å². The van der Waals surface area contributed by atoms with Gasteiger partial charge in [-0.05, 0) is 35.8 Å². The molecule has 0 spiro atoms. The van der Waals surface area contributed by atoms with E-state index < -0.39 is 10.0 Å². The van der Waals surface area contributed by atoms with Crippen molar-refractivity contribution in [2.45, 2.75) is 45.4 Å². The number of hydrogen-bond donors (Lipinski definition) is 1. The van der Waals surface area contributed by atoms with Crippen LogP contribution in [0.4, 0.5) is 0 Å². The van der Waals surface area contributed by atoms with E-state index in [4.69, 9.17) is 5.73 Å². The molecule has 1 aromatic rings. The fourth-order valence-electron chi connectivity index (χ4n) is 2.86. The first-order chi connectivity index (χ1) is 9.84. The van der Waals surface area contributed by atoms with Crippen molar-refractivity contribution in [3.63, 3.8) is 0 Å². The first-order valence-electron chi connectivity index (χ1n) is 7.59. The highest BCUT2D eigenvalue weighted by Gasteiger charge is 2.29. The van der Waals surface area contributed by atoms with E-state index in [0.717, 1.165) is 30.4 Å². The molecule has 2 rings (SSSR count). The Hall–Kier alpha value is -0.910. The highest BCUT2D eigenvalue weighted by molar-refractivity contribution is 7.88. The zero-order valence-electron chi connectivity index (χ0n) is 13.0. The molecular formula is C16H26N2O2S. The smallest absolute Gasteiger partial charge is 0.218 e. The number of nitrogens with two attached hydrogens (primary N) is 1. The van der Waals surface area contributed by atoms with Gasteiger partial charge >= 0.3 is 0 Å². The molecule has 1 heterocycles. The molecule has 1 aliphatic rings. The number of benzene rings is 1. The van der Waals surface area contributed by atoms with Gasteiger partial charge in [0, 0.05) is 19.6 Å². The molecule has 0 bridgehead atoms. The molecule has 1 saturated heterocycles. The topological polar surface area (TPSA) is 63.4 Å². The molecule has 4 nitrogen and oxygen atoms in total. The molecule has 0 saturated carbocycles. The lowest BCUT2D eigenvalue weighted by Crippen LogP contribution is -2.33. The summed E-state index contributed by atoms with van der Waals surface area (Å²) in [5.41, 5.74) is 7.67. The Kier molecular flexibility index (Phi) is 5.07. The van der Waals surface area contributed by atoms with E-state index in [-0.39, 0.29) is 11.2 Å². The van der Waals surface area contributed by atoms with Crippen LogP contribution in [0.3, 0.4) is 0 Å². The fourth-order valence-corrected chi connectivity index (χ4v) is 4.50. The van der Waals surface area contributed by atoms with Crippen molar-refractivity contribution in [1.82, 2.24) is 4.31 Å². The predicted octanol–water partition coefficient (Wildman–Crippen LogP) is 2.49. The van der Waals surface area contributed by atoms with Gasteiger partial charge in [0.1, 0.15) is 0 Å². The third-order valence-electron chi connectivity index (χ3n) is 4.37. The van der Waals surface area contributed by atoms with Crippen molar-refractivity contribution in [3.8, 4) is 0 Å². The van der Waals surface area contributed by atoms with E-state index in [1.807, 2.05) is 24.3 Å². The molecule has 1 fully saturated rings. The summed E-state index contributed by atoms with van der Waals surface area (Å²) in [6.45, 7) is 6.06. The summed E-state index contributed by atoms with van der Waals surface area (Å²) in [4.78, 5) is 0. The van der Waals surface area contributed by atoms with Crippen LogP contribution in [-0.2, 0) is 22.3 Å². The second kappa shape index (κ2) is 6.46. The second-order valence-electron chi connectivity index (χ2n) is 6.65. The Morgan fingerprint density at radius 2 is 1.81 bits per heavy atom. The van der Waals surface area contributed by atoms with Crippen LogP contribution < -0.4 is 5.73 Å². The van der Waals surface area contributed by atoms with Gasteiger partial charge in [0.2, 0.25) is 10.0 Å². The second-order valence-corrected chi connectivity index (χ2v) is 8.61. The van der Waals surface area contributed by atoms with E-state index in [1.165, 1.54) is 0 Å². The van der Waals surface area contributed by atoms with Crippen molar-refractivity contribution in [2.24, 2.45) is 11.1 Å². The molecular weight excluding hydrogens is 284 g/mol. The highest BCUT2D eigenvalue weighted by Crippen LogP contribution is 2.31. The van der Waals surface area contributed by atoms with Gasteiger partial charge in [0.25, 0.3) is 0 Å². The first kappa shape index (κ1) is 16.5. The summed E-state index contributed by atoms with van der Waals surface area (Å²) in [6.07, 6.45) is 2.94. The molecule has 2 N–H and O–H groups in total. The zero-order chi connectivity index (χ0) is 15.5. The number of nitrogens with zero attached hydrogens (tertiary/aromatic N) is 1. The maximum atomic E-state index is 12.7. The van der Waals surface area contributed by atoms with Gasteiger partial charge in [-0.2, -0.15) is 0 Å². The third kappa shape index (κ3) is 4.28. The summed E-state index contributed by atoms with van der Waals surface area (Å²) in [6, 6.07) is 7.53. The van der Waals surface area contributed by atoms with Gasteiger partial charge < -0.3 is 5.73 Å². The van der Waals surface area contributed by atoms with Crippen molar-refractivity contribution < 1.29 is 8.42 Å². The zero-order valence-corrected chi connectivity index (χ0v) is 13.8. The van der Waals surface area contributed by atoms with Crippen molar-refractivity contribution in [3.05, 3.63) is 35.4 Å². The van der Waals surface area contributed by atoms with Crippen molar-refractivity contribution in [2.75, 3.05) is 13.1 Å². The summed E-state index contributed by atoms with van der Waals surface area (Å²) in [5.74, 6) is 0.0564. The fraction of sp³-hybridized carbons (Fsp3) is 0.625. The Labute approximate surface area is 128 Å². The van der Waals surface area contributed by atoms with E-state index in [0.29, 0.717) is 19.6 Å². The van der Waals surface area contributed by atoms with Crippen LogP contribution in [-0.4, -0.2) is 25.8 Å². The van der Waals surface area contributed by atoms with Crippen molar-refractivity contribution in [1.29, 1.82) is 0 Å². The molecule has 0 aromatic heterocycles. The van der Waals surface area contributed by atoms with E-state index in [9.17, 15) is 8.42 Å². The molecule has 1 aromatic carbocycles. The number of sulfonamides is 1. The lowest BCUT2D eigenvalue weighted by atomic mass is 9.85. The van der Waals surface area contributed by atoms with Crippen LogP contribution >= 0.6 is 0 Å². The normalized spacial score (nSPS) is 20.1. The highest BCUT2D eigenvalue weighted by atomic mass is 32.2. The lowest BCUT2D eigenvalue weighted by Gasteiger charge is -2.23. The van der Waals surface area contributed by atoms with Gasteiger partial charge in [-0.25, -0.2) is 12.7 Å². The van der Waals surface area contributed by atoms with Gasteiger partial charge in [0.15, 0.2) is 0 Å². The minimum Gasteiger partial charge on any atom is -0.326 e. The summed E-state index contributed by atoms with van der Waals surface area (Å²) in [5, 5.41) is 0. The summed E-state index contributed by atoms with van der Waals surface area (Å²) in [7, 11) is -3.26. The number of hydrogen-bond acceptors (Lipinski definition) is 3. The number of rotatable bonds is 4. The quantitative estimate of drug-likeness (QED) is 0.929. The van der Waals surface area contributed by atoms with Gasteiger partial charge in [-0.15, -0.1) is 0 Å². The molecule has 5 heteroatoms. The maximum Gasteiger partial charge on any atom is 0.218 e. The summed E-state index contributed by atoms with van der Waals surface area (Å²) < 4.78 is 27.0. The predicted molar refractivity (Wildman–Crippen MR) is 86.2 cm³/mol. The van der Waals surface area contributed by atoms with Crippen LogP contribution in [0.15, 0.2) is 24.3 Å². The molecule has 0 amide bonds. The van der Waals surface area contributed by atoms with Crippen molar-refractivity contribution >= 4 is 10.0 Å². The molecule has 0 unspecified atom stereocenters. The lowest BCUT2D eigenvalue weighted by molar-refractivity contribution is 0.314. The van der Waals surface area contributed by atoms with Gasteiger partial charge in [-0.3, -0.25) is 0 Å². The molecule has 0 radical (unpaired) electrons. The Morgan fingerprint density at radius 1 is 1.14 bits per heavy atom. The third-order valence-corrected chi connectivity index (χ3v) is 6.20. The van der Waals surface area contributed by atoms with Crippen LogP contribution in [0.5, 0.6) is 0 Å². The Bertz CT molecular complexity index is 582. The molecule has 118 valence electrons. The van der Waals surface area contributed by atoms with E-state index >= 15 is 0 Å². The van der Waals surface area contributed by atoms with Gasteiger partial charge in [-0.1, -0.05) is 38.1 Å². The average molecular weight is 310 g/mol. The monoisotopic (exact) mass is 310 g/mol.